The molecule has 6 nitrogen and oxygen atoms in total. The topological polar surface area (TPSA) is 90.0 Å². The van der Waals surface area contributed by atoms with Crippen molar-refractivity contribution in [2.75, 3.05) is 0 Å². The Kier molecular flexibility index (Phi) is 7.61. The number of carbonyl (C=O) groups is 2. The van der Waals surface area contributed by atoms with Crippen molar-refractivity contribution in [2.45, 2.75) is 32.9 Å². The lowest BCUT2D eigenvalue weighted by molar-refractivity contribution is -0.122. The number of amides is 2. The van der Waals surface area contributed by atoms with Crippen LogP contribution in [0.4, 0.5) is 13.2 Å². The van der Waals surface area contributed by atoms with Crippen LogP contribution in [-0.4, -0.2) is 21.4 Å². The number of halogens is 3. The van der Waals surface area contributed by atoms with Crippen LogP contribution < -0.4 is 11.1 Å². The van der Waals surface area contributed by atoms with Crippen molar-refractivity contribution in [2.24, 2.45) is 5.73 Å². The molecule has 0 saturated carbocycles. The minimum atomic E-state index is -0.931. The van der Waals surface area contributed by atoms with E-state index >= 15 is 0 Å². The van der Waals surface area contributed by atoms with Crippen molar-refractivity contribution in [3.8, 4) is 11.1 Å². The zero-order valence-corrected chi connectivity index (χ0v) is 22.4. The van der Waals surface area contributed by atoms with Crippen molar-refractivity contribution >= 4 is 22.7 Å². The summed E-state index contributed by atoms with van der Waals surface area (Å²) in [6, 6.07) is 15.6. The van der Waals surface area contributed by atoms with Crippen molar-refractivity contribution in [3.63, 3.8) is 0 Å². The fourth-order valence-corrected chi connectivity index (χ4v) is 4.99. The maximum Gasteiger partial charge on any atom is 0.251 e. The number of hydrogen-bond acceptors (Lipinski definition) is 3. The Morgan fingerprint density at radius 1 is 0.951 bits per heavy atom. The summed E-state index contributed by atoms with van der Waals surface area (Å²) in [6.45, 7) is 4.02. The standard InChI is InChI=1S/C32H27F3N4O2/c1-18-10-22-7-9-39(29(22)11-19(18)2)17-30(40)38-28(14-20-12-23(33)16-24(34)13-20)31-25(4-3-8-37-31)21-5-6-27(35)26(15-21)32(36)41/h3-13,15-16,28H,14,17H2,1-2H3,(H2,36,41)(H,38,40)/t28-/m0/s1. The molecule has 0 bridgehead atoms. The van der Waals surface area contributed by atoms with E-state index in [0.717, 1.165) is 34.2 Å². The van der Waals surface area contributed by atoms with E-state index in [4.69, 9.17) is 5.73 Å². The van der Waals surface area contributed by atoms with Crippen molar-refractivity contribution in [3.05, 3.63) is 125 Å². The number of pyridine rings is 1. The fraction of sp³-hybridized carbons (Fsp3) is 0.156. The first-order chi connectivity index (χ1) is 19.6. The second kappa shape index (κ2) is 11.3. The van der Waals surface area contributed by atoms with E-state index in [1.54, 1.807) is 12.1 Å². The zero-order chi connectivity index (χ0) is 29.3. The van der Waals surface area contributed by atoms with Crippen LogP contribution in [0.5, 0.6) is 0 Å². The van der Waals surface area contributed by atoms with Gasteiger partial charge in [-0.05, 0) is 96.4 Å². The molecule has 0 aliphatic heterocycles. The molecule has 0 aliphatic carbocycles. The number of nitrogens with one attached hydrogen (secondary N) is 1. The first-order valence-corrected chi connectivity index (χ1v) is 12.9. The minimum Gasteiger partial charge on any atom is -0.366 e. The van der Waals surface area contributed by atoms with Gasteiger partial charge in [-0.25, -0.2) is 13.2 Å². The maximum atomic E-state index is 14.2. The maximum absolute atomic E-state index is 14.2. The van der Waals surface area contributed by atoms with E-state index < -0.39 is 29.4 Å². The predicted molar refractivity (Wildman–Crippen MR) is 151 cm³/mol. The number of aromatic nitrogens is 2. The number of rotatable bonds is 8. The largest absolute Gasteiger partial charge is 0.366 e. The highest BCUT2D eigenvalue weighted by molar-refractivity contribution is 5.94. The van der Waals surface area contributed by atoms with Gasteiger partial charge in [-0.2, -0.15) is 0 Å². The molecule has 3 N–H and O–H groups in total. The number of nitrogens with zero attached hydrogens (tertiary/aromatic N) is 2. The third kappa shape index (κ3) is 5.99. The van der Waals surface area contributed by atoms with Crippen LogP contribution in [0.3, 0.4) is 0 Å². The molecule has 0 fully saturated rings. The van der Waals surface area contributed by atoms with Crippen LogP contribution in [0.25, 0.3) is 22.0 Å². The summed E-state index contributed by atoms with van der Waals surface area (Å²) in [5, 5.41) is 3.98. The highest BCUT2D eigenvalue weighted by atomic mass is 19.1. The molecule has 2 aromatic heterocycles. The quantitative estimate of drug-likeness (QED) is 0.248. The van der Waals surface area contributed by atoms with E-state index in [0.29, 0.717) is 22.4 Å². The molecular weight excluding hydrogens is 529 g/mol. The molecule has 5 aromatic rings. The molecule has 5 rings (SSSR count). The molecule has 2 heterocycles. The SMILES string of the molecule is Cc1cc2ccn(CC(=O)N[C@@H](Cc3cc(F)cc(F)c3)c3ncccc3-c3ccc(F)c(C(N)=O)c3)c2cc1C. The molecule has 0 unspecified atom stereocenters. The highest BCUT2D eigenvalue weighted by Gasteiger charge is 2.23. The van der Waals surface area contributed by atoms with Gasteiger partial charge in [-0.15, -0.1) is 0 Å². The summed E-state index contributed by atoms with van der Waals surface area (Å²) in [5.41, 5.74) is 9.80. The van der Waals surface area contributed by atoms with Gasteiger partial charge in [0, 0.05) is 29.5 Å². The van der Waals surface area contributed by atoms with Gasteiger partial charge in [-0.1, -0.05) is 12.1 Å². The van der Waals surface area contributed by atoms with Gasteiger partial charge >= 0.3 is 0 Å². The molecule has 0 saturated heterocycles. The lowest BCUT2D eigenvalue weighted by Crippen LogP contribution is -2.33. The second-order valence-electron chi connectivity index (χ2n) is 10.0. The first-order valence-electron chi connectivity index (χ1n) is 12.9. The molecule has 0 aliphatic rings. The molecule has 1 atom stereocenters. The summed E-state index contributed by atoms with van der Waals surface area (Å²) in [6.07, 6.45) is 3.36. The summed E-state index contributed by atoms with van der Waals surface area (Å²) in [7, 11) is 0. The Morgan fingerprint density at radius 3 is 2.41 bits per heavy atom. The second-order valence-corrected chi connectivity index (χ2v) is 10.0. The molecule has 0 spiro atoms. The van der Waals surface area contributed by atoms with Gasteiger partial charge < -0.3 is 15.6 Å². The van der Waals surface area contributed by atoms with Crippen LogP contribution in [0.15, 0.2) is 79.1 Å². The monoisotopic (exact) mass is 556 g/mol. The number of nitrogens with two attached hydrogens (primary N) is 1. The minimum absolute atomic E-state index is 0.00937. The van der Waals surface area contributed by atoms with Crippen LogP contribution in [0.2, 0.25) is 0 Å². The number of carbonyl (C=O) groups excluding carboxylic acids is 2. The van der Waals surface area contributed by atoms with E-state index in [9.17, 15) is 22.8 Å². The van der Waals surface area contributed by atoms with Gasteiger partial charge in [0.05, 0.1) is 17.3 Å². The molecule has 3 aromatic carbocycles. The molecule has 9 heteroatoms. The fourth-order valence-electron chi connectivity index (χ4n) is 4.99. The number of fused-ring (bicyclic) bond motifs is 1. The third-order valence-electron chi connectivity index (χ3n) is 7.11. The molecule has 208 valence electrons. The van der Waals surface area contributed by atoms with Crippen molar-refractivity contribution in [1.82, 2.24) is 14.9 Å². The Hall–Kier alpha value is -4.92. The van der Waals surface area contributed by atoms with E-state index in [-0.39, 0.29) is 24.4 Å². The Balaban J connectivity index is 1.53. The molecule has 2 amide bonds. The highest BCUT2D eigenvalue weighted by Crippen LogP contribution is 2.30. The van der Waals surface area contributed by atoms with Gasteiger partial charge in [0.2, 0.25) is 5.91 Å². The number of hydrogen-bond donors (Lipinski definition) is 2. The average Bonchev–Trinajstić information content (AvgIpc) is 3.28. The molecular formula is C32H27F3N4O2. The molecule has 41 heavy (non-hydrogen) atoms. The summed E-state index contributed by atoms with van der Waals surface area (Å²) < 4.78 is 44.2. The van der Waals surface area contributed by atoms with E-state index in [1.807, 2.05) is 36.7 Å². The summed E-state index contributed by atoms with van der Waals surface area (Å²) in [4.78, 5) is 29.7. The van der Waals surface area contributed by atoms with Crippen LogP contribution >= 0.6 is 0 Å². The first kappa shape index (κ1) is 27.6. The third-order valence-corrected chi connectivity index (χ3v) is 7.11. The van der Waals surface area contributed by atoms with Crippen LogP contribution in [0, 0.1) is 31.3 Å². The normalized spacial score (nSPS) is 11.9. The van der Waals surface area contributed by atoms with Gasteiger partial charge in [0.15, 0.2) is 0 Å². The number of aryl methyl sites for hydroxylation is 2. The van der Waals surface area contributed by atoms with E-state index in [2.05, 4.69) is 16.4 Å². The van der Waals surface area contributed by atoms with Crippen molar-refractivity contribution in [1.29, 1.82) is 0 Å². The summed E-state index contributed by atoms with van der Waals surface area (Å²) in [5.74, 6) is -3.55. The Morgan fingerprint density at radius 2 is 1.68 bits per heavy atom. The number of benzene rings is 3. The Labute approximate surface area is 234 Å². The average molecular weight is 557 g/mol. The molecule has 0 radical (unpaired) electrons. The van der Waals surface area contributed by atoms with Crippen molar-refractivity contribution < 1.29 is 22.8 Å². The zero-order valence-electron chi connectivity index (χ0n) is 22.4. The predicted octanol–water partition coefficient (Wildman–Crippen LogP) is 5.94. The van der Waals surface area contributed by atoms with E-state index in [1.165, 1.54) is 30.5 Å². The summed E-state index contributed by atoms with van der Waals surface area (Å²) >= 11 is 0. The van der Waals surface area contributed by atoms with Crippen LogP contribution in [0.1, 0.15) is 38.8 Å². The lowest BCUT2D eigenvalue weighted by Gasteiger charge is -2.22. The lowest BCUT2D eigenvalue weighted by atomic mass is 9.94. The smallest absolute Gasteiger partial charge is 0.251 e. The van der Waals surface area contributed by atoms with Gasteiger partial charge in [0.25, 0.3) is 5.91 Å². The van der Waals surface area contributed by atoms with Gasteiger partial charge in [-0.3, -0.25) is 14.6 Å². The van der Waals surface area contributed by atoms with Crippen LogP contribution in [-0.2, 0) is 17.8 Å². The van der Waals surface area contributed by atoms with Gasteiger partial charge in [0.1, 0.15) is 24.0 Å². The number of primary amides is 1. The Bertz CT molecular complexity index is 1780.